The minimum Gasteiger partial charge on any atom is -0.497 e. The number of hydrogen-bond donors (Lipinski definition) is 2. The molecule has 0 amide bonds. The van der Waals surface area contributed by atoms with Gasteiger partial charge in [0.2, 0.25) is 0 Å². The molecule has 168 valence electrons. The van der Waals surface area contributed by atoms with E-state index in [1.165, 1.54) is 11.3 Å². The molecule has 3 heterocycles. The molecule has 0 aliphatic carbocycles. The lowest BCUT2D eigenvalue weighted by molar-refractivity contribution is 0.414. The van der Waals surface area contributed by atoms with Crippen LogP contribution in [0.4, 0.5) is 5.13 Å². The van der Waals surface area contributed by atoms with Crippen molar-refractivity contribution in [3.8, 4) is 28.4 Å². The zero-order valence-corrected chi connectivity index (χ0v) is 19.5. The molecule has 3 aromatic heterocycles. The van der Waals surface area contributed by atoms with Crippen molar-refractivity contribution in [1.82, 2.24) is 19.1 Å². The predicted octanol–water partition coefficient (Wildman–Crippen LogP) is 4.26. The van der Waals surface area contributed by atoms with E-state index < -0.39 is 11.2 Å². The van der Waals surface area contributed by atoms with Crippen LogP contribution in [-0.2, 0) is 0 Å². The van der Waals surface area contributed by atoms with Crippen LogP contribution in [0.3, 0.4) is 0 Å². The SMILES string of the molecule is COc1ccc(-n2c(=O)[nH]c3cc(Cl)n(-c4ccc(-c5csc(N)n5)cc4)c3c2=O)cc1.Cl. The number of methoxy groups -OCH3 is 1. The molecule has 0 bridgehead atoms. The number of nitrogens with two attached hydrogens (primary N) is 1. The first-order chi connectivity index (χ1) is 15.5. The molecule has 0 spiro atoms. The van der Waals surface area contributed by atoms with Gasteiger partial charge in [0.25, 0.3) is 5.56 Å². The Labute approximate surface area is 202 Å². The van der Waals surface area contributed by atoms with Crippen LogP contribution in [0, 0.1) is 0 Å². The maximum Gasteiger partial charge on any atom is 0.333 e. The largest absolute Gasteiger partial charge is 0.497 e. The van der Waals surface area contributed by atoms with E-state index in [9.17, 15) is 9.59 Å². The van der Waals surface area contributed by atoms with Crippen molar-refractivity contribution in [1.29, 1.82) is 0 Å². The third-order valence-corrected chi connectivity index (χ3v) is 6.03. The number of hydrogen-bond acceptors (Lipinski definition) is 6. The second-order valence-electron chi connectivity index (χ2n) is 6.95. The summed E-state index contributed by atoms with van der Waals surface area (Å²) < 4.78 is 7.83. The molecule has 0 aliphatic heterocycles. The number of thiazole rings is 1. The van der Waals surface area contributed by atoms with E-state index in [1.807, 2.05) is 29.6 Å². The fraction of sp³-hybridized carbons (Fsp3) is 0.0455. The van der Waals surface area contributed by atoms with Gasteiger partial charge in [-0.2, -0.15) is 0 Å². The lowest BCUT2D eigenvalue weighted by atomic mass is 10.1. The van der Waals surface area contributed by atoms with Crippen LogP contribution >= 0.6 is 35.3 Å². The van der Waals surface area contributed by atoms with E-state index in [2.05, 4.69) is 9.97 Å². The maximum absolute atomic E-state index is 13.4. The lowest BCUT2D eigenvalue weighted by Crippen LogP contribution is -2.34. The summed E-state index contributed by atoms with van der Waals surface area (Å²) in [5, 5.41) is 2.66. The summed E-state index contributed by atoms with van der Waals surface area (Å²) in [6.45, 7) is 0. The molecule has 0 atom stereocenters. The van der Waals surface area contributed by atoms with Crippen molar-refractivity contribution in [3.05, 3.63) is 86.0 Å². The summed E-state index contributed by atoms with van der Waals surface area (Å²) in [7, 11) is 1.55. The number of aromatic amines is 1. The normalized spacial score (nSPS) is 10.8. The first-order valence-electron chi connectivity index (χ1n) is 9.49. The molecule has 0 aliphatic rings. The smallest absolute Gasteiger partial charge is 0.333 e. The van der Waals surface area contributed by atoms with Gasteiger partial charge < -0.3 is 15.5 Å². The zero-order chi connectivity index (χ0) is 22.4. The number of nitrogen functional groups attached to an aromatic ring is 1. The highest BCUT2D eigenvalue weighted by molar-refractivity contribution is 7.13. The number of nitrogens with one attached hydrogen (secondary N) is 1. The van der Waals surface area contributed by atoms with Crippen LogP contribution in [0.2, 0.25) is 5.15 Å². The zero-order valence-electron chi connectivity index (χ0n) is 17.1. The molecule has 0 saturated heterocycles. The maximum atomic E-state index is 13.4. The van der Waals surface area contributed by atoms with Gasteiger partial charge in [-0.15, -0.1) is 23.7 Å². The van der Waals surface area contributed by atoms with Gasteiger partial charge in [0.15, 0.2) is 5.13 Å². The Morgan fingerprint density at radius 1 is 1.03 bits per heavy atom. The van der Waals surface area contributed by atoms with Gasteiger partial charge in [-0.1, -0.05) is 23.7 Å². The van der Waals surface area contributed by atoms with Crippen molar-refractivity contribution >= 4 is 51.5 Å². The van der Waals surface area contributed by atoms with Gasteiger partial charge in [0.05, 0.1) is 24.0 Å². The number of halogens is 2. The molecule has 11 heteroatoms. The molecule has 2 aromatic carbocycles. The molecule has 5 rings (SSSR count). The lowest BCUT2D eigenvalue weighted by Gasteiger charge is -2.10. The van der Waals surface area contributed by atoms with Crippen LogP contribution in [-0.4, -0.2) is 26.2 Å². The van der Waals surface area contributed by atoms with E-state index in [-0.39, 0.29) is 17.9 Å². The molecule has 0 radical (unpaired) electrons. The molecule has 33 heavy (non-hydrogen) atoms. The third-order valence-electron chi connectivity index (χ3n) is 5.08. The Morgan fingerprint density at radius 3 is 2.27 bits per heavy atom. The van der Waals surface area contributed by atoms with Gasteiger partial charge in [-0.3, -0.25) is 9.36 Å². The summed E-state index contributed by atoms with van der Waals surface area (Å²) in [5.41, 5.74) is 8.04. The average Bonchev–Trinajstić information content (AvgIpc) is 3.37. The minimum atomic E-state index is -0.557. The van der Waals surface area contributed by atoms with Crippen molar-refractivity contribution in [3.63, 3.8) is 0 Å². The van der Waals surface area contributed by atoms with Gasteiger partial charge in [-0.05, 0) is 42.5 Å². The van der Waals surface area contributed by atoms with Gasteiger partial charge in [0.1, 0.15) is 16.4 Å². The predicted molar refractivity (Wildman–Crippen MR) is 134 cm³/mol. The molecule has 3 N–H and O–H groups in total. The molecule has 5 aromatic rings. The Bertz CT molecular complexity index is 1570. The summed E-state index contributed by atoms with van der Waals surface area (Å²) in [6, 6.07) is 15.6. The fourth-order valence-corrected chi connectivity index (χ4v) is 4.44. The Hall–Kier alpha value is -3.53. The second kappa shape index (κ2) is 8.78. The number of ether oxygens (including phenoxy) is 1. The van der Waals surface area contributed by atoms with Crippen LogP contribution in [0.15, 0.2) is 69.6 Å². The van der Waals surface area contributed by atoms with Crippen molar-refractivity contribution in [2.75, 3.05) is 12.8 Å². The average molecular weight is 502 g/mol. The highest BCUT2D eigenvalue weighted by atomic mass is 35.5. The van der Waals surface area contributed by atoms with E-state index >= 15 is 0 Å². The fourth-order valence-electron chi connectivity index (χ4n) is 3.57. The first kappa shape index (κ1) is 22.7. The summed E-state index contributed by atoms with van der Waals surface area (Å²) in [6.07, 6.45) is 0. The van der Waals surface area contributed by atoms with Crippen LogP contribution in [0.25, 0.3) is 33.7 Å². The highest BCUT2D eigenvalue weighted by Crippen LogP contribution is 2.28. The van der Waals surface area contributed by atoms with Crippen LogP contribution < -0.4 is 21.7 Å². The monoisotopic (exact) mass is 501 g/mol. The highest BCUT2D eigenvalue weighted by Gasteiger charge is 2.18. The van der Waals surface area contributed by atoms with Crippen molar-refractivity contribution in [2.24, 2.45) is 0 Å². The molecular formula is C22H17Cl2N5O3S. The number of benzene rings is 2. The van der Waals surface area contributed by atoms with E-state index in [0.29, 0.717) is 32.9 Å². The third kappa shape index (κ3) is 3.91. The Kier molecular flexibility index (Phi) is 6.03. The molecule has 0 fully saturated rings. The number of fused-ring (bicyclic) bond motifs is 1. The first-order valence-corrected chi connectivity index (χ1v) is 10.7. The number of rotatable bonds is 4. The van der Waals surface area contributed by atoms with Crippen LogP contribution in [0.1, 0.15) is 0 Å². The minimum absolute atomic E-state index is 0. The molecular weight excluding hydrogens is 485 g/mol. The molecule has 8 nitrogen and oxygen atoms in total. The summed E-state index contributed by atoms with van der Waals surface area (Å²) >= 11 is 7.84. The second-order valence-corrected chi connectivity index (χ2v) is 8.23. The Morgan fingerprint density at radius 2 is 1.67 bits per heavy atom. The topological polar surface area (TPSA) is 108 Å². The van der Waals surface area contributed by atoms with Crippen LogP contribution in [0.5, 0.6) is 5.75 Å². The number of aromatic nitrogens is 4. The summed E-state index contributed by atoms with van der Waals surface area (Å²) in [5.74, 6) is 0.618. The van der Waals surface area contributed by atoms with Crippen molar-refractivity contribution in [2.45, 2.75) is 0 Å². The quantitative estimate of drug-likeness (QED) is 0.382. The number of nitrogens with zero attached hydrogens (tertiary/aromatic N) is 3. The molecule has 0 unspecified atom stereocenters. The van der Waals surface area contributed by atoms with E-state index in [0.717, 1.165) is 15.8 Å². The standard InChI is InChI=1S/C22H16ClN5O3S.ClH/c1-31-15-8-6-14(7-9-15)28-20(29)19-16(26-22(28)30)10-18(23)27(19)13-4-2-12(3-5-13)17-11-32-21(24)25-17;/h2-11H,1H3,(H2,24,25)(H,26,30);1H. The van der Waals surface area contributed by atoms with Gasteiger partial charge in [-0.25, -0.2) is 14.3 Å². The van der Waals surface area contributed by atoms with Gasteiger partial charge in [0, 0.05) is 16.6 Å². The number of H-pyrrole nitrogens is 1. The van der Waals surface area contributed by atoms with Crippen molar-refractivity contribution < 1.29 is 4.74 Å². The van der Waals surface area contributed by atoms with E-state index in [1.54, 1.807) is 42.0 Å². The van der Waals surface area contributed by atoms with Gasteiger partial charge >= 0.3 is 5.69 Å². The molecule has 0 saturated carbocycles. The summed E-state index contributed by atoms with van der Waals surface area (Å²) in [4.78, 5) is 33.1. The Balaban J connectivity index is 0.00000259. The van der Waals surface area contributed by atoms with E-state index in [4.69, 9.17) is 22.1 Å². The number of anilines is 1.